The molecule has 0 saturated heterocycles. The van der Waals surface area contributed by atoms with Crippen molar-refractivity contribution in [3.8, 4) is 0 Å². The zero-order valence-electron chi connectivity index (χ0n) is 9.13. The number of benzene rings is 1. The van der Waals surface area contributed by atoms with Gasteiger partial charge in [-0.15, -0.1) is 0 Å². The van der Waals surface area contributed by atoms with Crippen molar-refractivity contribution in [1.82, 2.24) is 0 Å². The Morgan fingerprint density at radius 3 is 2.47 bits per heavy atom. The van der Waals surface area contributed by atoms with Crippen LogP contribution in [0.2, 0.25) is 10.0 Å². The van der Waals surface area contributed by atoms with Gasteiger partial charge in [0.15, 0.2) is 0 Å². The molecule has 0 aliphatic rings. The first-order valence-electron chi connectivity index (χ1n) is 5.22. The molecule has 2 atom stereocenters. The van der Waals surface area contributed by atoms with Crippen molar-refractivity contribution < 1.29 is 0 Å². The second kappa shape index (κ2) is 5.74. The molecule has 15 heavy (non-hydrogen) atoms. The van der Waals surface area contributed by atoms with Crippen molar-refractivity contribution >= 4 is 23.2 Å². The highest BCUT2D eigenvalue weighted by Crippen LogP contribution is 2.32. The van der Waals surface area contributed by atoms with E-state index in [1.165, 1.54) is 0 Å². The quantitative estimate of drug-likeness (QED) is 0.845. The molecule has 1 rings (SSSR count). The molecule has 0 radical (unpaired) electrons. The van der Waals surface area contributed by atoms with Gasteiger partial charge in [-0.2, -0.15) is 0 Å². The third-order valence-electron chi connectivity index (χ3n) is 2.57. The Hall–Kier alpha value is -0.240. The van der Waals surface area contributed by atoms with E-state index in [4.69, 9.17) is 28.9 Å². The Balaban J connectivity index is 2.73. The SMILES string of the molecule is CC(N)CCC(C)c1cccc(Cl)c1Cl. The first-order chi connectivity index (χ1) is 7.02. The molecule has 0 amide bonds. The molecule has 0 heterocycles. The summed E-state index contributed by atoms with van der Waals surface area (Å²) in [5.41, 5.74) is 6.84. The minimum atomic E-state index is 0.241. The van der Waals surface area contributed by atoms with Gasteiger partial charge in [-0.1, -0.05) is 42.3 Å². The van der Waals surface area contributed by atoms with Crippen LogP contribution in [0.15, 0.2) is 18.2 Å². The molecule has 84 valence electrons. The van der Waals surface area contributed by atoms with Crippen molar-refractivity contribution in [2.24, 2.45) is 5.73 Å². The lowest BCUT2D eigenvalue weighted by Crippen LogP contribution is -2.15. The van der Waals surface area contributed by atoms with Gasteiger partial charge in [0.05, 0.1) is 10.0 Å². The zero-order chi connectivity index (χ0) is 11.4. The molecule has 3 heteroatoms. The van der Waals surface area contributed by atoms with Gasteiger partial charge in [0.25, 0.3) is 0 Å². The van der Waals surface area contributed by atoms with E-state index >= 15 is 0 Å². The summed E-state index contributed by atoms with van der Waals surface area (Å²) in [5, 5.41) is 1.30. The molecule has 2 N–H and O–H groups in total. The first-order valence-corrected chi connectivity index (χ1v) is 5.97. The van der Waals surface area contributed by atoms with E-state index < -0.39 is 0 Å². The van der Waals surface area contributed by atoms with Crippen molar-refractivity contribution in [1.29, 1.82) is 0 Å². The summed E-state index contributed by atoms with van der Waals surface area (Å²) in [6.45, 7) is 4.17. The molecule has 0 bridgehead atoms. The van der Waals surface area contributed by atoms with E-state index in [1.54, 1.807) is 0 Å². The lowest BCUT2D eigenvalue weighted by atomic mass is 9.94. The largest absolute Gasteiger partial charge is 0.328 e. The van der Waals surface area contributed by atoms with Gasteiger partial charge < -0.3 is 5.73 Å². The van der Waals surface area contributed by atoms with Gasteiger partial charge in [-0.05, 0) is 37.3 Å². The molecular weight excluding hydrogens is 229 g/mol. The summed E-state index contributed by atoms with van der Waals surface area (Å²) < 4.78 is 0. The van der Waals surface area contributed by atoms with E-state index in [0.717, 1.165) is 18.4 Å². The Kier molecular flexibility index (Phi) is 4.91. The van der Waals surface area contributed by atoms with Crippen molar-refractivity contribution in [2.75, 3.05) is 0 Å². The standard InChI is InChI=1S/C12H17Cl2N/c1-8(6-7-9(2)15)10-4-3-5-11(13)12(10)14/h3-5,8-9H,6-7,15H2,1-2H3. The fraction of sp³-hybridized carbons (Fsp3) is 0.500. The fourth-order valence-corrected chi connectivity index (χ4v) is 2.06. The monoisotopic (exact) mass is 245 g/mol. The van der Waals surface area contributed by atoms with Gasteiger partial charge in [0.2, 0.25) is 0 Å². The van der Waals surface area contributed by atoms with Crippen molar-refractivity contribution in [2.45, 2.75) is 38.6 Å². The first kappa shape index (κ1) is 12.8. The van der Waals surface area contributed by atoms with Crippen LogP contribution in [0.1, 0.15) is 38.2 Å². The molecular formula is C12H17Cl2N. The molecule has 0 aliphatic heterocycles. The maximum absolute atomic E-state index is 6.14. The molecule has 2 unspecified atom stereocenters. The zero-order valence-corrected chi connectivity index (χ0v) is 10.6. The predicted molar refractivity (Wildman–Crippen MR) is 67.8 cm³/mol. The molecule has 0 aromatic heterocycles. The Morgan fingerprint density at radius 1 is 1.20 bits per heavy atom. The number of rotatable bonds is 4. The van der Waals surface area contributed by atoms with Crippen molar-refractivity contribution in [3.05, 3.63) is 33.8 Å². The van der Waals surface area contributed by atoms with Crippen LogP contribution < -0.4 is 5.73 Å². The maximum Gasteiger partial charge on any atom is 0.0626 e. The normalized spacial score (nSPS) is 15.0. The highest BCUT2D eigenvalue weighted by molar-refractivity contribution is 6.42. The summed E-state index contributed by atoms with van der Waals surface area (Å²) in [4.78, 5) is 0. The Labute approximate surface area is 102 Å². The third kappa shape index (κ3) is 3.67. The summed E-state index contributed by atoms with van der Waals surface area (Å²) >= 11 is 12.1. The van der Waals surface area contributed by atoms with E-state index in [0.29, 0.717) is 16.0 Å². The minimum absolute atomic E-state index is 0.241. The summed E-state index contributed by atoms with van der Waals surface area (Å²) in [5.74, 6) is 0.405. The Bertz CT molecular complexity index is 323. The molecule has 0 saturated carbocycles. The lowest BCUT2D eigenvalue weighted by Gasteiger charge is -2.15. The second-order valence-corrected chi connectivity index (χ2v) is 4.88. The van der Waals surface area contributed by atoms with Gasteiger partial charge in [0.1, 0.15) is 0 Å². The van der Waals surface area contributed by atoms with Gasteiger partial charge in [-0.3, -0.25) is 0 Å². The van der Waals surface area contributed by atoms with Crippen LogP contribution in [0.4, 0.5) is 0 Å². The van der Waals surface area contributed by atoms with E-state index in [-0.39, 0.29) is 6.04 Å². The number of halogens is 2. The van der Waals surface area contributed by atoms with Crippen LogP contribution >= 0.6 is 23.2 Å². The van der Waals surface area contributed by atoms with Gasteiger partial charge in [0, 0.05) is 6.04 Å². The van der Waals surface area contributed by atoms with Gasteiger partial charge >= 0.3 is 0 Å². The molecule has 0 spiro atoms. The van der Waals surface area contributed by atoms with Crippen LogP contribution in [0.25, 0.3) is 0 Å². The number of nitrogens with two attached hydrogens (primary N) is 1. The summed E-state index contributed by atoms with van der Waals surface area (Å²) in [7, 11) is 0. The average Bonchev–Trinajstić information content (AvgIpc) is 2.18. The van der Waals surface area contributed by atoms with Crippen molar-refractivity contribution in [3.63, 3.8) is 0 Å². The van der Waals surface area contributed by atoms with Crippen LogP contribution in [0.3, 0.4) is 0 Å². The Morgan fingerprint density at radius 2 is 1.87 bits per heavy atom. The third-order valence-corrected chi connectivity index (χ3v) is 3.40. The smallest absolute Gasteiger partial charge is 0.0626 e. The number of hydrogen-bond donors (Lipinski definition) is 1. The van der Waals surface area contributed by atoms with E-state index in [1.807, 2.05) is 25.1 Å². The minimum Gasteiger partial charge on any atom is -0.328 e. The highest BCUT2D eigenvalue weighted by Gasteiger charge is 2.12. The summed E-state index contributed by atoms with van der Waals surface area (Å²) in [6, 6.07) is 6.02. The average molecular weight is 246 g/mol. The molecule has 1 aromatic rings. The lowest BCUT2D eigenvalue weighted by molar-refractivity contribution is 0.569. The fourth-order valence-electron chi connectivity index (χ4n) is 1.57. The molecule has 0 aliphatic carbocycles. The maximum atomic E-state index is 6.14. The van der Waals surface area contributed by atoms with E-state index in [2.05, 4.69) is 6.92 Å². The summed E-state index contributed by atoms with van der Waals surface area (Å²) in [6.07, 6.45) is 2.04. The highest BCUT2D eigenvalue weighted by atomic mass is 35.5. The topological polar surface area (TPSA) is 26.0 Å². The van der Waals surface area contributed by atoms with Crippen LogP contribution in [-0.2, 0) is 0 Å². The van der Waals surface area contributed by atoms with Crippen LogP contribution in [0, 0.1) is 0 Å². The molecule has 0 fully saturated rings. The van der Waals surface area contributed by atoms with E-state index in [9.17, 15) is 0 Å². The van der Waals surface area contributed by atoms with Crippen LogP contribution in [0.5, 0.6) is 0 Å². The number of hydrogen-bond acceptors (Lipinski definition) is 1. The van der Waals surface area contributed by atoms with Gasteiger partial charge in [-0.25, -0.2) is 0 Å². The second-order valence-electron chi connectivity index (χ2n) is 4.10. The predicted octanol–water partition coefficient (Wildman–Crippen LogP) is 4.22. The molecule has 1 nitrogen and oxygen atoms in total. The van der Waals surface area contributed by atoms with Crippen LogP contribution in [-0.4, -0.2) is 6.04 Å². The molecule has 1 aromatic carbocycles.